The van der Waals surface area contributed by atoms with E-state index in [1.165, 1.54) is 17.7 Å². The molecule has 0 atom stereocenters. The molecule has 1 saturated heterocycles. The van der Waals surface area contributed by atoms with E-state index in [1.807, 2.05) is 11.0 Å². The van der Waals surface area contributed by atoms with E-state index in [0.717, 1.165) is 37.9 Å². The fourth-order valence-corrected chi connectivity index (χ4v) is 4.94. The van der Waals surface area contributed by atoms with Gasteiger partial charge in [-0.25, -0.2) is 14.4 Å². The first-order chi connectivity index (χ1) is 17.6. The highest BCUT2D eigenvalue weighted by Crippen LogP contribution is 2.22. The van der Waals surface area contributed by atoms with Crippen LogP contribution in [-0.4, -0.2) is 38.4 Å². The Morgan fingerprint density at radius 1 is 0.944 bits per heavy atom. The number of benzene rings is 2. The third kappa shape index (κ3) is 5.51. The van der Waals surface area contributed by atoms with Crippen molar-refractivity contribution in [3.8, 4) is 0 Å². The van der Waals surface area contributed by atoms with Crippen LogP contribution >= 0.6 is 0 Å². The summed E-state index contributed by atoms with van der Waals surface area (Å²) < 4.78 is 15.0. The van der Waals surface area contributed by atoms with Crippen LogP contribution in [0.4, 0.5) is 4.39 Å². The van der Waals surface area contributed by atoms with Crippen molar-refractivity contribution in [2.45, 2.75) is 38.6 Å². The zero-order valence-electron chi connectivity index (χ0n) is 20.1. The number of hydrogen-bond donors (Lipinski definition) is 0. The minimum absolute atomic E-state index is 0.0804. The molecule has 5 rings (SSSR count). The second-order valence-electron chi connectivity index (χ2n) is 9.43. The molecule has 0 bridgehead atoms. The lowest BCUT2D eigenvalue weighted by Crippen LogP contribution is -2.39. The minimum Gasteiger partial charge on any atom is -0.343 e. The van der Waals surface area contributed by atoms with Gasteiger partial charge in [-0.3, -0.25) is 14.2 Å². The second kappa shape index (κ2) is 10.8. The third-order valence-electron chi connectivity index (χ3n) is 6.96. The SMILES string of the molecule is O=C(CCc1nc2ncccc2c(=O)n1Cc1ccc(F)cc1)N1CCC(Cc2ccccc2)CC1. The topological polar surface area (TPSA) is 68.1 Å². The maximum Gasteiger partial charge on any atom is 0.263 e. The van der Waals surface area contributed by atoms with E-state index in [9.17, 15) is 14.0 Å². The quantitative estimate of drug-likeness (QED) is 0.390. The molecule has 0 N–H and O–H groups in total. The van der Waals surface area contributed by atoms with Crippen LogP contribution in [0, 0.1) is 11.7 Å². The van der Waals surface area contributed by atoms with E-state index >= 15 is 0 Å². The normalized spacial score (nSPS) is 14.3. The average Bonchev–Trinajstić information content (AvgIpc) is 2.91. The average molecular weight is 485 g/mol. The van der Waals surface area contributed by atoms with Crippen molar-refractivity contribution >= 4 is 16.9 Å². The fourth-order valence-electron chi connectivity index (χ4n) is 4.94. The molecule has 0 unspecified atom stereocenters. The van der Waals surface area contributed by atoms with Crippen molar-refractivity contribution in [1.29, 1.82) is 0 Å². The van der Waals surface area contributed by atoms with E-state index < -0.39 is 0 Å². The molecule has 0 aliphatic carbocycles. The van der Waals surface area contributed by atoms with E-state index in [4.69, 9.17) is 0 Å². The first kappa shape index (κ1) is 23.9. The second-order valence-corrected chi connectivity index (χ2v) is 9.43. The molecule has 36 heavy (non-hydrogen) atoms. The molecule has 0 saturated carbocycles. The standard InChI is InChI=1S/C29H29FN4O2/c30-24-10-8-23(9-11-24)20-34-26(32-28-25(29(34)36)7-4-16-31-28)12-13-27(35)33-17-14-22(15-18-33)19-21-5-2-1-3-6-21/h1-11,16,22H,12-15,17-20H2. The number of nitrogens with zero attached hydrogens (tertiary/aromatic N) is 4. The van der Waals surface area contributed by atoms with Crippen LogP contribution in [-0.2, 0) is 24.2 Å². The highest BCUT2D eigenvalue weighted by atomic mass is 19.1. The first-order valence-electron chi connectivity index (χ1n) is 12.5. The highest BCUT2D eigenvalue weighted by Gasteiger charge is 2.23. The van der Waals surface area contributed by atoms with Gasteiger partial charge in [0.1, 0.15) is 11.6 Å². The zero-order chi connectivity index (χ0) is 24.9. The van der Waals surface area contributed by atoms with Crippen LogP contribution in [0.15, 0.2) is 77.7 Å². The van der Waals surface area contributed by atoms with Crippen LogP contribution in [0.5, 0.6) is 0 Å². The van der Waals surface area contributed by atoms with Crippen molar-refractivity contribution in [2.24, 2.45) is 5.92 Å². The van der Waals surface area contributed by atoms with Crippen LogP contribution in [0.25, 0.3) is 11.0 Å². The summed E-state index contributed by atoms with van der Waals surface area (Å²) in [7, 11) is 0. The molecule has 7 heteroatoms. The number of carbonyl (C=O) groups excluding carboxylic acids is 1. The molecular formula is C29H29FN4O2. The van der Waals surface area contributed by atoms with Gasteiger partial charge in [-0.05, 0) is 60.6 Å². The van der Waals surface area contributed by atoms with Crippen LogP contribution < -0.4 is 5.56 Å². The van der Waals surface area contributed by atoms with Crippen molar-refractivity contribution < 1.29 is 9.18 Å². The monoisotopic (exact) mass is 484 g/mol. The molecule has 0 radical (unpaired) electrons. The molecule has 2 aromatic carbocycles. The molecule has 1 aliphatic rings. The Hall–Kier alpha value is -3.87. The number of pyridine rings is 1. The Morgan fingerprint density at radius 2 is 1.69 bits per heavy atom. The van der Waals surface area contributed by atoms with Gasteiger partial charge in [-0.15, -0.1) is 0 Å². The number of piperidine rings is 1. The minimum atomic E-state index is -0.328. The lowest BCUT2D eigenvalue weighted by Gasteiger charge is -2.32. The van der Waals surface area contributed by atoms with Crippen LogP contribution in [0.2, 0.25) is 0 Å². The lowest BCUT2D eigenvalue weighted by atomic mass is 9.90. The van der Waals surface area contributed by atoms with E-state index in [2.05, 4.69) is 34.2 Å². The summed E-state index contributed by atoms with van der Waals surface area (Å²) in [6, 6.07) is 20.0. The van der Waals surface area contributed by atoms with E-state index in [1.54, 1.807) is 35.0 Å². The van der Waals surface area contributed by atoms with Gasteiger partial charge < -0.3 is 4.90 Å². The zero-order valence-corrected chi connectivity index (χ0v) is 20.1. The first-order valence-corrected chi connectivity index (χ1v) is 12.5. The predicted molar refractivity (Wildman–Crippen MR) is 137 cm³/mol. The molecule has 3 heterocycles. The molecule has 6 nitrogen and oxygen atoms in total. The number of aromatic nitrogens is 3. The Bertz CT molecular complexity index is 1390. The predicted octanol–water partition coefficient (Wildman–Crippen LogP) is 4.39. The third-order valence-corrected chi connectivity index (χ3v) is 6.96. The number of amides is 1. The van der Waals surface area contributed by atoms with E-state index in [-0.39, 0.29) is 30.2 Å². The number of fused-ring (bicyclic) bond motifs is 1. The van der Waals surface area contributed by atoms with Gasteiger partial charge in [0.15, 0.2) is 5.65 Å². The number of likely N-dealkylation sites (tertiary alicyclic amines) is 1. The van der Waals surface area contributed by atoms with E-state index in [0.29, 0.717) is 29.2 Å². The molecule has 1 aliphatic heterocycles. The molecule has 2 aromatic heterocycles. The summed E-state index contributed by atoms with van der Waals surface area (Å²) in [6.07, 6.45) is 5.26. The van der Waals surface area contributed by atoms with Crippen molar-refractivity contribution in [3.63, 3.8) is 0 Å². The van der Waals surface area contributed by atoms with Gasteiger partial charge in [0.25, 0.3) is 5.56 Å². The molecule has 1 fully saturated rings. The van der Waals surface area contributed by atoms with Crippen molar-refractivity contribution in [1.82, 2.24) is 19.4 Å². The fraction of sp³-hybridized carbons (Fsp3) is 0.310. The molecule has 4 aromatic rings. The summed E-state index contributed by atoms with van der Waals surface area (Å²) in [5.41, 5.74) is 2.30. The van der Waals surface area contributed by atoms with Gasteiger partial charge in [0, 0.05) is 32.1 Å². The number of aryl methyl sites for hydroxylation is 1. The Labute approximate surface area is 209 Å². The molecule has 1 amide bonds. The maximum atomic E-state index is 13.4. The Kier molecular flexibility index (Phi) is 7.16. The smallest absolute Gasteiger partial charge is 0.263 e. The summed E-state index contributed by atoms with van der Waals surface area (Å²) in [5, 5.41) is 0.426. The molecular weight excluding hydrogens is 455 g/mol. The van der Waals surface area contributed by atoms with Crippen LogP contribution in [0.3, 0.4) is 0 Å². The Balaban J connectivity index is 1.27. The number of hydrogen-bond acceptors (Lipinski definition) is 4. The lowest BCUT2D eigenvalue weighted by molar-refractivity contribution is -0.132. The number of halogens is 1. The van der Waals surface area contributed by atoms with Crippen molar-refractivity contribution in [2.75, 3.05) is 13.1 Å². The molecule has 184 valence electrons. The summed E-state index contributed by atoms with van der Waals surface area (Å²) in [6.45, 7) is 1.77. The molecule has 0 spiro atoms. The van der Waals surface area contributed by atoms with Crippen LogP contribution in [0.1, 0.15) is 36.2 Å². The van der Waals surface area contributed by atoms with Gasteiger partial charge >= 0.3 is 0 Å². The number of rotatable bonds is 7. The summed E-state index contributed by atoms with van der Waals surface area (Å²) >= 11 is 0. The summed E-state index contributed by atoms with van der Waals surface area (Å²) in [5.74, 6) is 0.857. The Morgan fingerprint density at radius 3 is 2.44 bits per heavy atom. The largest absolute Gasteiger partial charge is 0.343 e. The highest BCUT2D eigenvalue weighted by molar-refractivity contribution is 5.77. The maximum absolute atomic E-state index is 13.4. The summed E-state index contributed by atoms with van der Waals surface area (Å²) in [4.78, 5) is 37.1. The van der Waals surface area contributed by atoms with Crippen molar-refractivity contribution in [3.05, 3.63) is 106 Å². The van der Waals surface area contributed by atoms with Gasteiger partial charge in [0.2, 0.25) is 5.91 Å². The van der Waals surface area contributed by atoms with Gasteiger partial charge in [-0.2, -0.15) is 0 Å². The van der Waals surface area contributed by atoms with Gasteiger partial charge in [0.05, 0.1) is 11.9 Å². The number of carbonyl (C=O) groups is 1. The van der Waals surface area contributed by atoms with Gasteiger partial charge in [-0.1, -0.05) is 42.5 Å².